The highest BCUT2D eigenvalue weighted by molar-refractivity contribution is 6.46. The molecule has 0 saturated carbocycles. The Kier molecular flexibility index (Phi) is 5.14. The third kappa shape index (κ3) is 3.59. The van der Waals surface area contributed by atoms with E-state index in [2.05, 4.69) is 4.98 Å². The molecule has 1 atom stereocenters. The minimum absolute atomic E-state index is 0.00429. The maximum atomic E-state index is 13.3. The zero-order chi connectivity index (χ0) is 21.3. The van der Waals surface area contributed by atoms with Crippen molar-refractivity contribution in [3.63, 3.8) is 0 Å². The van der Waals surface area contributed by atoms with Crippen LogP contribution in [0.1, 0.15) is 28.3 Å². The van der Waals surface area contributed by atoms with Gasteiger partial charge in [-0.05, 0) is 42.8 Å². The number of hydrogen-bond donors (Lipinski definition) is 1. The molecule has 2 aromatic carbocycles. The average molecular weight is 403 g/mol. The molecule has 1 aliphatic rings. The molecule has 0 spiro atoms. The van der Waals surface area contributed by atoms with Crippen molar-refractivity contribution >= 4 is 17.4 Å². The Morgan fingerprint density at radius 2 is 1.77 bits per heavy atom. The Morgan fingerprint density at radius 1 is 1.07 bits per heavy atom. The molecule has 30 heavy (non-hydrogen) atoms. The van der Waals surface area contributed by atoms with Gasteiger partial charge in [0.1, 0.15) is 11.6 Å². The summed E-state index contributed by atoms with van der Waals surface area (Å²) < 4.78 is 13.3. The highest BCUT2D eigenvalue weighted by atomic mass is 19.1. The Morgan fingerprint density at radius 3 is 2.40 bits per heavy atom. The number of nitrogens with one attached hydrogen (secondary N) is 1. The summed E-state index contributed by atoms with van der Waals surface area (Å²) in [5, 5.41) is 10.9. The second-order valence-corrected chi connectivity index (χ2v) is 7.26. The lowest BCUT2D eigenvalue weighted by Crippen LogP contribution is -2.29. The predicted molar refractivity (Wildman–Crippen MR) is 108 cm³/mol. The molecule has 2 heterocycles. The van der Waals surface area contributed by atoms with Gasteiger partial charge >= 0.3 is 0 Å². The van der Waals surface area contributed by atoms with E-state index in [1.54, 1.807) is 12.4 Å². The summed E-state index contributed by atoms with van der Waals surface area (Å²) in [7, 11) is 0. The van der Waals surface area contributed by atoms with Crippen LogP contribution in [0.25, 0.3) is 5.76 Å². The van der Waals surface area contributed by atoms with Crippen LogP contribution in [0.2, 0.25) is 0 Å². The fourth-order valence-electron chi connectivity index (χ4n) is 3.63. The number of pyridine rings is 1. The summed E-state index contributed by atoms with van der Waals surface area (Å²) in [6.07, 6.45) is 3.51. The number of hydrogen-bond acceptors (Lipinski definition) is 3. The number of H-pyrrole nitrogens is 1. The molecule has 3 aromatic rings. The van der Waals surface area contributed by atoms with Crippen LogP contribution in [0.15, 0.2) is 78.6 Å². The number of ketones is 1. The van der Waals surface area contributed by atoms with Gasteiger partial charge in [-0.15, -0.1) is 0 Å². The Bertz CT molecular complexity index is 1120. The molecule has 1 aliphatic heterocycles. The monoisotopic (exact) mass is 403 g/mol. The smallest absolute Gasteiger partial charge is 0.295 e. The van der Waals surface area contributed by atoms with E-state index in [0.717, 1.165) is 11.1 Å². The van der Waals surface area contributed by atoms with Crippen LogP contribution in [-0.4, -0.2) is 21.7 Å². The number of aliphatic hydroxyl groups is 1. The number of aromatic amines is 1. The van der Waals surface area contributed by atoms with Crippen molar-refractivity contribution in [2.24, 2.45) is 0 Å². The number of nitrogens with zero attached hydrogens (tertiary/aromatic N) is 1. The van der Waals surface area contributed by atoms with Gasteiger partial charge in [0.15, 0.2) is 12.4 Å². The summed E-state index contributed by atoms with van der Waals surface area (Å²) in [5.74, 6) is -2.22. The van der Waals surface area contributed by atoms with Crippen molar-refractivity contribution in [1.82, 2.24) is 4.90 Å². The van der Waals surface area contributed by atoms with E-state index >= 15 is 0 Å². The van der Waals surface area contributed by atoms with Crippen LogP contribution in [0.5, 0.6) is 0 Å². The third-order valence-electron chi connectivity index (χ3n) is 5.18. The van der Waals surface area contributed by atoms with Gasteiger partial charge in [0.05, 0.1) is 18.2 Å². The van der Waals surface area contributed by atoms with E-state index in [-0.39, 0.29) is 23.4 Å². The van der Waals surface area contributed by atoms with Crippen LogP contribution in [0, 0.1) is 12.7 Å². The van der Waals surface area contributed by atoms with Crippen molar-refractivity contribution < 1.29 is 24.1 Å². The number of aliphatic hydroxyl groups excluding tert-OH is 1. The number of aryl methyl sites for hydroxylation is 1. The Hall–Kier alpha value is -3.80. The van der Waals surface area contributed by atoms with Crippen LogP contribution < -0.4 is 4.98 Å². The number of aromatic nitrogens is 1. The van der Waals surface area contributed by atoms with Crippen LogP contribution in [0.3, 0.4) is 0 Å². The minimum atomic E-state index is -0.762. The van der Waals surface area contributed by atoms with E-state index in [9.17, 15) is 19.1 Å². The molecule has 1 fully saturated rings. The van der Waals surface area contributed by atoms with E-state index in [4.69, 9.17) is 0 Å². The van der Waals surface area contributed by atoms with Crippen molar-refractivity contribution in [2.75, 3.05) is 0 Å². The van der Waals surface area contributed by atoms with Crippen LogP contribution in [0.4, 0.5) is 4.39 Å². The summed E-state index contributed by atoms with van der Waals surface area (Å²) in [6.45, 7) is 2.14. The maximum Gasteiger partial charge on any atom is 0.295 e. The first-order chi connectivity index (χ1) is 14.5. The number of amides is 1. The molecule has 1 saturated heterocycles. The molecular weight excluding hydrogens is 383 g/mol. The van der Waals surface area contributed by atoms with E-state index in [0.29, 0.717) is 5.56 Å². The highest BCUT2D eigenvalue weighted by Crippen LogP contribution is 2.40. The number of carbonyl (C=O) groups excluding carboxylic acids is 2. The van der Waals surface area contributed by atoms with Crippen molar-refractivity contribution in [3.8, 4) is 0 Å². The summed E-state index contributed by atoms with van der Waals surface area (Å²) in [4.78, 5) is 30.3. The molecule has 0 radical (unpaired) electrons. The van der Waals surface area contributed by atoms with Crippen LogP contribution >= 0.6 is 0 Å². The van der Waals surface area contributed by atoms with E-state index in [1.807, 2.05) is 43.3 Å². The standard InChI is InChI=1S/C24H19FN2O3/c1-15-4-6-17(7-5-15)21-20(22(28)18-8-10-19(25)11-9-18)23(29)24(30)27(21)14-16-3-2-12-26-13-16/h2-13,21,28H,14H2,1H3/p+1. The lowest BCUT2D eigenvalue weighted by Gasteiger charge is -2.25. The normalized spacial score (nSPS) is 18.1. The number of benzene rings is 2. The topological polar surface area (TPSA) is 71.8 Å². The molecule has 0 bridgehead atoms. The predicted octanol–water partition coefficient (Wildman–Crippen LogP) is 3.57. The van der Waals surface area contributed by atoms with E-state index < -0.39 is 23.5 Å². The quantitative estimate of drug-likeness (QED) is 0.411. The molecule has 1 aromatic heterocycles. The minimum Gasteiger partial charge on any atom is -0.507 e. The molecule has 5 nitrogen and oxygen atoms in total. The van der Waals surface area contributed by atoms with Gasteiger partial charge in [0.2, 0.25) is 0 Å². The van der Waals surface area contributed by atoms with Gasteiger partial charge < -0.3 is 10.0 Å². The number of carbonyl (C=O) groups is 2. The number of halogens is 1. The molecule has 1 unspecified atom stereocenters. The number of rotatable bonds is 4. The van der Waals surface area contributed by atoms with Crippen molar-refractivity contribution in [3.05, 3.63) is 107 Å². The Balaban J connectivity index is 1.85. The zero-order valence-corrected chi connectivity index (χ0v) is 16.3. The molecule has 6 heteroatoms. The number of Topliss-reactive ketones (excluding diaryl/α,β-unsaturated/α-hetero) is 1. The Labute approximate surface area is 173 Å². The molecule has 1 amide bonds. The lowest BCUT2D eigenvalue weighted by atomic mass is 9.94. The zero-order valence-electron chi connectivity index (χ0n) is 16.3. The van der Waals surface area contributed by atoms with Gasteiger partial charge in [0.25, 0.3) is 11.7 Å². The molecule has 0 aliphatic carbocycles. The molecule has 150 valence electrons. The first-order valence-electron chi connectivity index (χ1n) is 9.51. The highest BCUT2D eigenvalue weighted by Gasteiger charge is 2.46. The fraction of sp³-hybridized carbons (Fsp3) is 0.125. The molecule has 4 rings (SSSR count). The average Bonchev–Trinajstić information content (AvgIpc) is 3.00. The first kappa shape index (κ1) is 19.5. The van der Waals surface area contributed by atoms with Gasteiger partial charge in [-0.25, -0.2) is 9.37 Å². The third-order valence-corrected chi connectivity index (χ3v) is 5.18. The fourth-order valence-corrected chi connectivity index (χ4v) is 3.63. The number of likely N-dealkylation sites (tertiary alicyclic amines) is 1. The molecule has 2 N–H and O–H groups in total. The van der Waals surface area contributed by atoms with Crippen LogP contribution in [-0.2, 0) is 16.1 Å². The summed E-state index contributed by atoms with van der Waals surface area (Å²) in [5.41, 5.74) is 2.84. The van der Waals surface area contributed by atoms with Gasteiger partial charge in [0, 0.05) is 17.2 Å². The van der Waals surface area contributed by atoms with E-state index in [1.165, 1.54) is 29.2 Å². The summed E-state index contributed by atoms with van der Waals surface area (Å²) >= 11 is 0. The maximum absolute atomic E-state index is 13.3. The van der Waals surface area contributed by atoms with Crippen molar-refractivity contribution in [2.45, 2.75) is 19.5 Å². The second-order valence-electron chi connectivity index (χ2n) is 7.26. The van der Waals surface area contributed by atoms with Gasteiger partial charge in [-0.2, -0.15) is 0 Å². The van der Waals surface area contributed by atoms with Crippen molar-refractivity contribution in [1.29, 1.82) is 0 Å². The lowest BCUT2D eigenvalue weighted by molar-refractivity contribution is -0.378. The largest absolute Gasteiger partial charge is 0.507 e. The molecular formula is C24H20FN2O3+. The first-order valence-corrected chi connectivity index (χ1v) is 9.51. The second kappa shape index (κ2) is 7.91. The summed E-state index contributed by atoms with van der Waals surface area (Å²) in [6, 6.07) is 15.5. The SMILES string of the molecule is Cc1ccc(C2C(=C(O)c3ccc(F)cc3)C(=O)C(=O)N2Cc2ccc[nH+]c2)cc1. The van der Waals surface area contributed by atoms with Gasteiger partial charge in [-0.3, -0.25) is 9.59 Å². The van der Waals surface area contributed by atoms with Gasteiger partial charge in [-0.1, -0.05) is 29.8 Å².